The minimum Gasteiger partial charge on any atom is -0.465 e. The smallest absolute Gasteiger partial charge is 0.316 e. The van der Waals surface area contributed by atoms with Gasteiger partial charge < -0.3 is 14.8 Å². The lowest BCUT2D eigenvalue weighted by molar-refractivity contribution is -0.139. The maximum Gasteiger partial charge on any atom is 0.316 e. The third-order valence-corrected chi connectivity index (χ3v) is 4.55. The van der Waals surface area contributed by atoms with Crippen molar-refractivity contribution in [3.8, 4) is 0 Å². The van der Waals surface area contributed by atoms with Gasteiger partial charge in [-0.1, -0.05) is 23.9 Å². The van der Waals surface area contributed by atoms with Crippen molar-refractivity contribution in [1.82, 2.24) is 9.97 Å². The molecule has 1 aliphatic heterocycles. The van der Waals surface area contributed by atoms with E-state index in [0.717, 1.165) is 42.7 Å². The van der Waals surface area contributed by atoms with Crippen molar-refractivity contribution in [2.45, 2.75) is 31.0 Å². The molecule has 0 spiro atoms. The Bertz CT molecular complexity index is 705. The van der Waals surface area contributed by atoms with E-state index in [9.17, 15) is 4.79 Å². The highest BCUT2D eigenvalue weighted by molar-refractivity contribution is 7.99. The van der Waals surface area contributed by atoms with Gasteiger partial charge in [0.25, 0.3) is 0 Å². The van der Waals surface area contributed by atoms with Crippen molar-refractivity contribution in [3.05, 3.63) is 24.3 Å². The monoisotopic (exact) mass is 347 g/mol. The molecule has 128 valence electrons. The largest absolute Gasteiger partial charge is 0.465 e. The van der Waals surface area contributed by atoms with E-state index in [1.54, 1.807) is 6.92 Å². The molecule has 0 saturated carbocycles. The van der Waals surface area contributed by atoms with E-state index in [0.29, 0.717) is 11.8 Å². The molecule has 1 fully saturated rings. The summed E-state index contributed by atoms with van der Waals surface area (Å²) in [5.74, 6) is 0.729. The predicted octanol–water partition coefficient (Wildman–Crippen LogP) is 2.88. The quantitative estimate of drug-likeness (QED) is 0.469. The van der Waals surface area contributed by atoms with Crippen molar-refractivity contribution >= 4 is 34.5 Å². The van der Waals surface area contributed by atoms with Gasteiger partial charge in [-0.3, -0.25) is 4.79 Å². The molecule has 3 rings (SSSR count). The molecule has 0 unspecified atom stereocenters. The number of nitrogens with one attached hydrogen (secondary N) is 1. The van der Waals surface area contributed by atoms with Gasteiger partial charge in [0.2, 0.25) is 0 Å². The minimum atomic E-state index is -0.256. The highest BCUT2D eigenvalue weighted by Gasteiger charge is 2.16. The van der Waals surface area contributed by atoms with Crippen LogP contribution in [0.1, 0.15) is 19.8 Å². The molecule has 0 bridgehead atoms. The number of thioether (sulfide) groups is 1. The number of ether oxygens (including phenoxy) is 2. The molecule has 24 heavy (non-hydrogen) atoms. The first-order valence-electron chi connectivity index (χ1n) is 8.17. The fraction of sp³-hybridized carbons (Fsp3) is 0.471. The minimum absolute atomic E-state index is 0.206. The number of fused-ring (bicyclic) bond motifs is 1. The zero-order chi connectivity index (χ0) is 16.8. The number of benzene rings is 1. The highest BCUT2D eigenvalue weighted by atomic mass is 32.2. The van der Waals surface area contributed by atoms with Crippen LogP contribution in [0.4, 0.5) is 5.82 Å². The summed E-state index contributed by atoms with van der Waals surface area (Å²) in [7, 11) is 0. The summed E-state index contributed by atoms with van der Waals surface area (Å²) in [4.78, 5) is 20.6. The van der Waals surface area contributed by atoms with E-state index < -0.39 is 0 Å². The maximum absolute atomic E-state index is 11.5. The van der Waals surface area contributed by atoms with Crippen LogP contribution >= 0.6 is 11.8 Å². The third-order valence-electron chi connectivity index (χ3n) is 3.73. The molecule has 1 atom stereocenters. The zero-order valence-corrected chi connectivity index (χ0v) is 14.5. The van der Waals surface area contributed by atoms with Gasteiger partial charge in [-0.2, -0.15) is 0 Å². The number of carbonyl (C=O) groups is 1. The first-order chi connectivity index (χ1) is 11.8. The number of esters is 1. The van der Waals surface area contributed by atoms with E-state index in [4.69, 9.17) is 9.47 Å². The van der Waals surface area contributed by atoms with Crippen molar-refractivity contribution in [1.29, 1.82) is 0 Å². The number of nitrogens with zero attached hydrogens (tertiary/aromatic N) is 2. The van der Waals surface area contributed by atoms with Gasteiger partial charge in [-0.25, -0.2) is 9.97 Å². The molecule has 1 aromatic heterocycles. The van der Waals surface area contributed by atoms with Gasteiger partial charge in [0.1, 0.15) is 5.82 Å². The number of aromatic nitrogens is 2. The third kappa shape index (κ3) is 4.36. The summed E-state index contributed by atoms with van der Waals surface area (Å²) in [5, 5.41) is 4.91. The van der Waals surface area contributed by atoms with Crippen LogP contribution < -0.4 is 5.32 Å². The van der Waals surface area contributed by atoms with Gasteiger partial charge in [-0.05, 0) is 31.9 Å². The van der Waals surface area contributed by atoms with Gasteiger partial charge in [0, 0.05) is 18.5 Å². The fourth-order valence-electron chi connectivity index (χ4n) is 2.60. The summed E-state index contributed by atoms with van der Waals surface area (Å²) < 4.78 is 10.6. The number of para-hydroxylation sites is 1. The first-order valence-corrected chi connectivity index (χ1v) is 9.15. The van der Waals surface area contributed by atoms with Gasteiger partial charge in [0.15, 0.2) is 5.16 Å². The van der Waals surface area contributed by atoms with E-state index in [2.05, 4.69) is 15.3 Å². The molecule has 2 aromatic rings. The summed E-state index contributed by atoms with van der Waals surface area (Å²) in [6, 6.07) is 7.85. The topological polar surface area (TPSA) is 73.3 Å². The molecule has 1 aromatic carbocycles. The van der Waals surface area contributed by atoms with Crippen LogP contribution in [0.15, 0.2) is 29.4 Å². The number of rotatable bonds is 7. The van der Waals surface area contributed by atoms with E-state index in [1.165, 1.54) is 11.8 Å². The van der Waals surface area contributed by atoms with Crippen molar-refractivity contribution in [2.75, 3.05) is 30.8 Å². The number of carbonyl (C=O) groups excluding carboxylic acids is 1. The summed E-state index contributed by atoms with van der Waals surface area (Å²) in [6.45, 7) is 3.73. The van der Waals surface area contributed by atoms with E-state index in [1.807, 2.05) is 24.3 Å². The predicted molar refractivity (Wildman–Crippen MR) is 94.4 cm³/mol. The number of hydrogen-bond donors (Lipinski definition) is 1. The Morgan fingerprint density at radius 1 is 1.42 bits per heavy atom. The molecule has 1 N–H and O–H groups in total. The molecular weight excluding hydrogens is 326 g/mol. The molecule has 1 saturated heterocycles. The Balaban J connectivity index is 1.75. The van der Waals surface area contributed by atoms with E-state index in [-0.39, 0.29) is 17.8 Å². The van der Waals surface area contributed by atoms with Gasteiger partial charge in [-0.15, -0.1) is 0 Å². The summed E-state index contributed by atoms with van der Waals surface area (Å²) >= 11 is 1.29. The first kappa shape index (κ1) is 17.0. The summed E-state index contributed by atoms with van der Waals surface area (Å²) in [6.07, 6.45) is 2.41. The van der Waals surface area contributed by atoms with Crippen LogP contribution in [-0.4, -0.2) is 47.6 Å². The lowest BCUT2D eigenvalue weighted by atomic mass is 10.2. The SMILES string of the molecule is CCOC(=O)CSc1nc(NC[C@@H]2CCCO2)c2ccccc2n1. The van der Waals surface area contributed by atoms with Crippen molar-refractivity contribution < 1.29 is 14.3 Å². The van der Waals surface area contributed by atoms with Crippen LogP contribution in [0, 0.1) is 0 Å². The second-order valence-corrected chi connectivity index (χ2v) is 6.42. The molecule has 0 amide bonds. The maximum atomic E-state index is 11.5. The van der Waals surface area contributed by atoms with Crippen LogP contribution in [0.3, 0.4) is 0 Å². The highest BCUT2D eigenvalue weighted by Crippen LogP contribution is 2.25. The van der Waals surface area contributed by atoms with Crippen LogP contribution in [-0.2, 0) is 14.3 Å². The Kier molecular flexibility index (Phi) is 5.87. The second-order valence-electron chi connectivity index (χ2n) is 5.48. The normalized spacial score (nSPS) is 17.1. The second kappa shape index (κ2) is 8.30. The van der Waals surface area contributed by atoms with Gasteiger partial charge >= 0.3 is 5.97 Å². The molecular formula is C17H21N3O3S. The number of anilines is 1. The van der Waals surface area contributed by atoms with Gasteiger partial charge in [0.05, 0.1) is 24.0 Å². The average Bonchev–Trinajstić information content (AvgIpc) is 3.11. The zero-order valence-electron chi connectivity index (χ0n) is 13.7. The van der Waals surface area contributed by atoms with Crippen LogP contribution in [0.2, 0.25) is 0 Å². The average molecular weight is 347 g/mol. The van der Waals surface area contributed by atoms with E-state index >= 15 is 0 Å². The Hall–Kier alpha value is -1.86. The Labute approximate surface area is 145 Å². The molecule has 0 aliphatic carbocycles. The molecule has 2 heterocycles. The van der Waals surface area contributed by atoms with Crippen LogP contribution in [0.5, 0.6) is 0 Å². The fourth-order valence-corrected chi connectivity index (χ4v) is 3.25. The van der Waals surface area contributed by atoms with Crippen LogP contribution in [0.25, 0.3) is 10.9 Å². The molecule has 0 radical (unpaired) electrons. The molecule has 1 aliphatic rings. The molecule has 6 nitrogen and oxygen atoms in total. The molecule has 7 heteroatoms. The number of hydrogen-bond acceptors (Lipinski definition) is 7. The Morgan fingerprint density at radius 3 is 3.08 bits per heavy atom. The van der Waals surface area contributed by atoms with Crippen molar-refractivity contribution in [3.63, 3.8) is 0 Å². The lowest BCUT2D eigenvalue weighted by Crippen LogP contribution is -2.19. The Morgan fingerprint density at radius 2 is 2.29 bits per heavy atom. The standard InChI is InChI=1S/C17H21N3O3S/c1-2-22-15(21)11-24-17-19-14-8-4-3-7-13(14)16(20-17)18-10-12-6-5-9-23-12/h3-4,7-8,12H,2,5-6,9-11H2,1H3,(H,18,19,20)/t12-/m0/s1. The lowest BCUT2D eigenvalue weighted by Gasteiger charge is -2.13. The van der Waals surface area contributed by atoms with Crippen molar-refractivity contribution in [2.24, 2.45) is 0 Å². The summed E-state index contributed by atoms with van der Waals surface area (Å²) in [5.41, 5.74) is 0.855.